The smallest absolute Gasteiger partial charge is 0.212 e. The molecule has 0 spiro atoms. The average Bonchev–Trinajstić information content (AvgIpc) is 3.47. The van der Waals surface area contributed by atoms with Crippen molar-refractivity contribution in [2.24, 2.45) is 13.0 Å². The van der Waals surface area contributed by atoms with Crippen LogP contribution >= 0.6 is 0 Å². The molecule has 0 amide bonds. The van der Waals surface area contributed by atoms with E-state index in [0.29, 0.717) is 0 Å². The van der Waals surface area contributed by atoms with Gasteiger partial charge in [-0.2, -0.15) is 0 Å². The number of aromatic nitrogens is 1. The molecule has 1 aliphatic carbocycles. The van der Waals surface area contributed by atoms with E-state index < -0.39 is 6.37 Å². The molecule has 5 aromatic rings. The molecule has 6 rings (SSSR count). The summed E-state index contributed by atoms with van der Waals surface area (Å²) in [5.74, 6) is 0.104. The van der Waals surface area contributed by atoms with Gasteiger partial charge in [0.25, 0.3) is 0 Å². The highest BCUT2D eigenvalue weighted by molar-refractivity contribution is 6.15. The maximum absolute atomic E-state index is 8.88. The van der Waals surface area contributed by atoms with E-state index in [4.69, 9.17) is 7.16 Å². The van der Waals surface area contributed by atoms with Crippen LogP contribution in [0, 0.1) is 12.8 Å². The number of fused-ring (bicyclic) bond motifs is 5. The summed E-state index contributed by atoms with van der Waals surface area (Å²) < 4.78 is 26.2. The third kappa shape index (κ3) is 3.13. The molecule has 1 aliphatic rings. The zero-order valence-corrected chi connectivity index (χ0v) is 18.1. The molecule has 0 unspecified atom stereocenters. The van der Waals surface area contributed by atoms with Crippen molar-refractivity contribution in [3.63, 3.8) is 0 Å². The van der Waals surface area contributed by atoms with E-state index in [-0.39, 0.29) is 5.92 Å². The van der Waals surface area contributed by atoms with Crippen molar-refractivity contribution in [3.05, 3.63) is 78.0 Å². The first-order chi connectivity index (χ1) is 15.9. The number of aryl methyl sites for hydroxylation is 2. The molecule has 0 saturated heterocycles. The molecule has 3 aromatic carbocycles. The lowest BCUT2D eigenvalue weighted by atomic mass is 9.95. The molecule has 0 bridgehead atoms. The Morgan fingerprint density at radius 3 is 2.68 bits per heavy atom. The minimum absolute atomic E-state index is 0.104. The van der Waals surface area contributed by atoms with Gasteiger partial charge in [0, 0.05) is 36.6 Å². The number of nitrogens with zero attached hydrogens (tertiary/aromatic N) is 1. The first-order valence-electron chi connectivity index (χ1n) is 12.3. The first-order valence-corrected chi connectivity index (χ1v) is 11.3. The summed E-state index contributed by atoms with van der Waals surface area (Å²) in [6, 6.07) is 21.0. The van der Waals surface area contributed by atoms with Crippen molar-refractivity contribution < 1.29 is 11.7 Å². The molecule has 1 fully saturated rings. The highest BCUT2D eigenvalue weighted by atomic mass is 16.3. The number of hydrogen-bond acceptors (Lipinski definition) is 1. The molecular formula is C29H28NO+. The summed E-state index contributed by atoms with van der Waals surface area (Å²) in [5.41, 5.74) is 5.87. The molecule has 0 radical (unpaired) electrons. The lowest BCUT2D eigenvalue weighted by molar-refractivity contribution is -0.660. The minimum Gasteiger partial charge on any atom is -0.455 e. The van der Waals surface area contributed by atoms with Crippen LogP contribution in [-0.2, 0) is 13.4 Å². The molecule has 154 valence electrons. The number of benzene rings is 3. The molecular weight excluding hydrogens is 378 g/mol. The van der Waals surface area contributed by atoms with E-state index in [1.807, 2.05) is 19.3 Å². The summed E-state index contributed by atoms with van der Waals surface area (Å²) in [5, 5.41) is 4.52. The van der Waals surface area contributed by atoms with Crippen LogP contribution in [0.5, 0.6) is 0 Å². The highest BCUT2D eigenvalue weighted by Gasteiger charge is 2.20. The maximum atomic E-state index is 8.88. The standard InChI is InChI=1S/C29H28NO/c1-19-15-28-26(24-12-11-22-9-5-6-10-23(22)29(24)31-28)18-25(19)27-17-21(13-14-30(27)2)16-20-7-3-4-8-20/h5-6,9-15,17-18,20H,3-4,7-8,16H2,1-2H3/q+1/i16D2. The van der Waals surface area contributed by atoms with Crippen molar-refractivity contribution in [3.8, 4) is 11.3 Å². The van der Waals surface area contributed by atoms with Gasteiger partial charge in [0.1, 0.15) is 18.2 Å². The summed E-state index contributed by atoms with van der Waals surface area (Å²) in [7, 11) is 2.04. The number of hydrogen-bond donors (Lipinski definition) is 0. The van der Waals surface area contributed by atoms with Gasteiger partial charge in [-0.25, -0.2) is 4.57 Å². The van der Waals surface area contributed by atoms with Gasteiger partial charge in [0.15, 0.2) is 6.20 Å². The van der Waals surface area contributed by atoms with Gasteiger partial charge in [-0.05, 0) is 53.9 Å². The van der Waals surface area contributed by atoms with Gasteiger partial charge in [0.2, 0.25) is 5.69 Å². The lowest BCUT2D eigenvalue weighted by Gasteiger charge is -2.10. The van der Waals surface area contributed by atoms with Crippen LogP contribution in [0.2, 0.25) is 0 Å². The Morgan fingerprint density at radius 2 is 1.81 bits per heavy atom. The highest BCUT2D eigenvalue weighted by Crippen LogP contribution is 2.37. The van der Waals surface area contributed by atoms with Crippen LogP contribution < -0.4 is 4.57 Å². The van der Waals surface area contributed by atoms with Crippen LogP contribution in [0.25, 0.3) is 44.0 Å². The fraction of sp³-hybridized carbons (Fsp3) is 0.276. The van der Waals surface area contributed by atoms with E-state index in [1.54, 1.807) is 0 Å². The van der Waals surface area contributed by atoms with Gasteiger partial charge in [0.05, 0.1) is 0 Å². The predicted octanol–water partition coefficient (Wildman–Crippen LogP) is 7.27. The van der Waals surface area contributed by atoms with Crippen molar-refractivity contribution >= 4 is 32.7 Å². The fourth-order valence-corrected chi connectivity index (χ4v) is 5.16. The van der Waals surface area contributed by atoms with Crippen molar-refractivity contribution in [2.45, 2.75) is 39.0 Å². The average molecular weight is 409 g/mol. The van der Waals surface area contributed by atoms with E-state index >= 15 is 0 Å². The van der Waals surface area contributed by atoms with E-state index in [1.165, 1.54) is 5.39 Å². The van der Waals surface area contributed by atoms with Gasteiger partial charge < -0.3 is 4.42 Å². The number of pyridine rings is 1. The monoisotopic (exact) mass is 408 g/mol. The second-order valence-corrected chi connectivity index (χ2v) is 8.97. The van der Waals surface area contributed by atoms with Gasteiger partial charge >= 0.3 is 0 Å². The molecule has 2 heterocycles. The van der Waals surface area contributed by atoms with Crippen molar-refractivity contribution in [1.82, 2.24) is 0 Å². The number of furan rings is 1. The van der Waals surface area contributed by atoms with E-state index in [9.17, 15) is 0 Å². The Bertz CT molecular complexity index is 1530. The Hall–Kier alpha value is -3.13. The van der Waals surface area contributed by atoms with Gasteiger partial charge in [-0.15, -0.1) is 0 Å². The zero-order chi connectivity index (χ0) is 22.7. The van der Waals surface area contributed by atoms with Crippen molar-refractivity contribution in [2.75, 3.05) is 0 Å². The summed E-state index contributed by atoms with van der Waals surface area (Å²) >= 11 is 0. The molecule has 0 N–H and O–H groups in total. The molecule has 0 atom stereocenters. The fourth-order valence-electron chi connectivity index (χ4n) is 5.16. The van der Waals surface area contributed by atoms with Crippen LogP contribution in [0.15, 0.2) is 71.3 Å². The Morgan fingerprint density at radius 1 is 0.968 bits per heavy atom. The predicted molar refractivity (Wildman–Crippen MR) is 128 cm³/mol. The van der Waals surface area contributed by atoms with Crippen LogP contribution in [0.4, 0.5) is 0 Å². The third-order valence-electron chi connectivity index (χ3n) is 6.86. The largest absolute Gasteiger partial charge is 0.455 e. The maximum Gasteiger partial charge on any atom is 0.212 e. The second kappa shape index (κ2) is 7.23. The van der Waals surface area contributed by atoms with Crippen LogP contribution in [0.1, 0.15) is 39.6 Å². The molecule has 0 aliphatic heterocycles. The Balaban J connectivity index is 1.54. The van der Waals surface area contributed by atoms with Crippen LogP contribution in [-0.4, -0.2) is 0 Å². The lowest BCUT2D eigenvalue weighted by Crippen LogP contribution is -2.30. The SMILES string of the molecule is [2H]C([2H])(c1cc[n+](C)c(-c2cc3c(cc2C)oc2c4ccccc4ccc32)c1)C1CCCC1. The Labute approximate surface area is 185 Å². The Kier molecular flexibility index (Phi) is 3.86. The molecule has 2 heteroatoms. The first kappa shape index (κ1) is 16.5. The normalized spacial score (nSPS) is 16.3. The third-order valence-corrected chi connectivity index (χ3v) is 6.86. The van der Waals surface area contributed by atoms with E-state index in [2.05, 4.69) is 66.1 Å². The molecule has 2 aromatic heterocycles. The van der Waals surface area contributed by atoms with Gasteiger partial charge in [-0.1, -0.05) is 56.0 Å². The van der Waals surface area contributed by atoms with E-state index in [0.717, 1.165) is 75.4 Å². The molecule has 2 nitrogen and oxygen atoms in total. The second-order valence-electron chi connectivity index (χ2n) is 8.97. The minimum atomic E-state index is -1.31. The summed E-state index contributed by atoms with van der Waals surface area (Å²) in [6.45, 7) is 2.11. The van der Waals surface area contributed by atoms with Crippen LogP contribution in [0.3, 0.4) is 0 Å². The van der Waals surface area contributed by atoms with Crippen molar-refractivity contribution in [1.29, 1.82) is 0 Å². The summed E-state index contributed by atoms with van der Waals surface area (Å²) in [6.07, 6.45) is 4.92. The quantitative estimate of drug-likeness (QED) is 0.287. The van der Waals surface area contributed by atoms with Gasteiger partial charge in [-0.3, -0.25) is 0 Å². The molecule has 31 heavy (non-hydrogen) atoms. The summed E-state index contributed by atoms with van der Waals surface area (Å²) in [4.78, 5) is 0. The topological polar surface area (TPSA) is 17.0 Å². The molecule has 1 saturated carbocycles. The number of rotatable bonds is 3. The zero-order valence-electron chi connectivity index (χ0n) is 20.1.